The van der Waals surface area contributed by atoms with Gasteiger partial charge in [0.15, 0.2) is 0 Å². The Bertz CT molecular complexity index is 416. The topological polar surface area (TPSA) is 42.4 Å². The summed E-state index contributed by atoms with van der Waals surface area (Å²) >= 11 is 1.64. The third kappa shape index (κ3) is 2.40. The molecule has 0 unspecified atom stereocenters. The summed E-state index contributed by atoms with van der Waals surface area (Å²) in [6.07, 6.45) is 0.528. The zero-order valence-electron chi connectivity index (χ0n) is 9.22. The van der Waals surface area contributed by atoms with Crippen molar-refractivity contribution in [3.63, 3.8) is 0 Å². The van der Waals surface area contributed by atoms with E-state index in [0.29, 0.717) is 13.0 Å². The van der Waals surface area contributed by atoms with Crippen LogP contribution >= 0.6 is 11.3 Å². The molecule has 1 N–H and O–H groups in total. The minimum Gasteiger partial charge on any atom is -0.396 e. The maximum absolute atomic E-state index is 9.00. The molecular weight excluding hydrogens is 222 g/mol. The summed E-state index contributed by atoms with van der Waals surface area (Å²) in [5, 5.41) is 9.95. The van der Waals surface area contributed by atoms with Crippen molar-refractivity contribution in [3.8, 4) is 0 Å². The number of fused-ring (bicyclic) bond motifs is 1. The molecule has 1 aromatic heterocycles. The zero-order valence-corrected chi connectivity index (χ0v) is 10.0. The lowest BCUT2D eigenvalue weighted by Gasteiger charge is -2.12. The van der Waals surface area contributed by atoms with Crippen LogP contribution in [0.4, 0.5) is 0 Å². The predicted octanol–water partition coefficient (Wildman–Crippen LogP) is 2.76. The minimum atomic E-state index is -0.0765. The highest BCUT2D eigenvalue weighted by atomic mass is 32.1. The third-order valence-electron chi connectivity index (χ3n) is 2.35. The molecule has 1 atom stereocenters. The number of para-hydroxylation sites is 1. The second-order valence-electron chi connectivity index (χ2n) is 3.48. The molecule has 2 rings (SSSR count). The van der Waals surface area contributed by atoms with Gasteiger partial charge in [0.05, 0.1) is 10.2 Å². The van der Waals surface area contributed by atoms with E-state index in [1.165, 1.54) is 4.70 Å². The number of hydrogen-bond donors (Lipinski definition) is 1. The van der Waals surface area contributed by atoms with Crippen molar-refractivity contribution in [1.82, 2.24) is 4.98 Å². The highest BCUT2D eigenvalue weighted by Gasteiger charge is 2.15. The van der Waals surface area contributed by atoms with Gasteiger partial charge in [0.2, 0.25) is 0 Å². The summed E-state index contributed by atoms with van der Waals surface area (Å²) < 4.78 is 6.75. The van der Waals surface area contributed by atoms with Gasteiger partial charge >= 0.3 is 0 Å². The Hall–Kier alpha value is -0.970. The molecule has 0 saturated carbocycles. The Morgan fingerprint density at radius 2 is 2.25 bits per heavy atom. The van der Waals surface area contributed by atoms with E-state index in [2.05, 4.69) is 11.1 Å². The van der Waals surface area contributed by atoms with Crippen LogP contribution in [0.3, 0.4) is 0 Å². The molecular formula is C12H15NO2S. The van der Waals surface area contributed by atoms with Gasteiger partial charge in [0.25, 0.3) is 0 Å². The monoisotopic (exact) mass is 237 g/mol. The van der Waals surface area contributed by atoms with Crippen LogP contribution in [0.25, 0.3) is 10.2 Å². The average Bonchev–Trinajstić information content (AvgIpc) is 2.72. The van der Waals surface area contributed by atoms with Crippen molar-refractivity contribution in [3.05, 3.63) is 29.3 Å². The summed E-state index contributed by atoms with van der Waals surface area (Å²) in [5.74, 6) is 0. The number of aromatic nitrogens is 1. The summed E-state index contributed by atoms with van der Waals surface area (Å²) in [4.78, 5) is 4.53. The van der Waals surface area contributed by atoms with E-state index in [9.17, 15) is 0 Å². The van der Waals surface area contributed by atoms with Crippen molar-refractivity contribution < 1.29 is 9.84 Å². The smallest absolute Gasteiger partial charge is 0.123 e. The van der Waals surface area contributed by atoms with Crippen LogP contribution in [-0.2, 0) is 4.74 Å². The van der Waals surface area contributed by atoms with E-state index in [-0.39, 0.29) is 12.7 Å². The zero-order chi connectivity index (χ0) is 11.4. The molecule has 0 aliphatic heterocycles. The number of benzene rings is 1. The summed E-state index contributed by atoms with van der Waals surface area (Å²) in [5.41, 5.74) is 1.00. The quantitative estimate of drug-likeness (QED) is 0.869. The van der Waals surface area contributed by atoms with Crippen LogP contribution in [0.5, 0.6) is 0 Å². The van der Waals surface area contributed by atoms with E-state index in [0.717, 1.165) is 10.5 Å². The van der Waals surface area contributed by atoms with Crippen molar-refractivity contribution in [2.75, 3.05) is 13.2 Å². The number of thiazole rings is 1. The van der Waals surface area contributed by atoms with Gasteiger partial charge in [-0.25, -0.2) is 4.98 Å². The van der Waals surface area contributed by atoms with Gasteiger partial charge in [-0.2, -0.15) is 0 Å². The van der Waals surface area contributed by atoms with Crippen LogP contribution in [0.1, 0.15) is 24.5 Å². The van der Waals surface area contributed by atoms with Gasteiger partial charge in [-0.05, 0) is 19.1 Å². The number of hydrogen-bond acceptors (Lipinski definition) is 4. The largest absolute Gasteiger partial charge is 0.396 e. The summed E-state index contributed by atoms with van der Waals surface area (Å²) in [6.45, 7) is 2.72. The molecule has 0 aliphatic carbocycles. The van der Waals surface area contributed by atoms with E-state index in [1.54, 1.807) is 11.3 Å². The molecule has 0 aliphatic rings. The van der Waals surface area contributed by atoms with Gasteiger partial charge in [0, 0.05) is 19.6 Å². The van der Waals surface area contributed by atoms with E-state index in [1.807, 2.05) is 25.1 Å². The first-order chi connectivity index (χ1) is 7.85. The summed E-state index contributed by atoms with van der Waals surface area (Å²) in [7, 11) is 0. The van der Waals surface area contributed by atoms with Crippen LogP contribution in [0.15, 0.2) is 24.3 Å². The molecule has 1 aromatic carbocycles. The molecule has 16 heavy (non-hydrogen) atoms. The Kier molecular flexibility index (Phi) is 3.88. The second-order valence-corrected chi connectivity index (χ2v) is 4.54. The lowest BCUT2D eigenvalue weighted by molar-refractivity contribution is 0.0432. The Morgan fingerprint density at radius 1 is 1.44 bits per heavy atom. The lowest BCUT2D eigenvalue weighted by atomic mass is 10.3. The van der Waals surface area contributed by atoms with Crippen LogP contribution in [0, 0.1) is 0 Å². The molecule has 4 heteroatoms. The Morgan fingerprint density at radius 3 is 2.94 bits per heavy atom. The Balaban J connectivity index is 2.29. The van der Waals surface area contributed by atoms with E-state index < -0.39 is 0 Å². The fraction of sp³-hybridized carbons (Fsp3) is 0.417. The first kappa shape index (κ1) is 11.5. The third-order valence-corrected chi connectivity index (χ3v) is 3.47. The molecule has 0 radical (unpaired) electrons. The highest BCUT2D eigenvalue weighted by molar-refractivity contribution is 7.18. The molecule has 0 fully saturated rings. The van der Waals surface area contributed by atoms with Gasteiger partial charge in [0.1, 0.15) is 11.1 Å². The highest BCUT2D eigenvalue weighted by Crippen LogP contribution is 2.29. The first-order valence-corrected chi connectivity index (χ1v) is 6.24. The second kappa shape index (κ2) is 5.39. The minimum absolute atomic E-state index is 0.0765. The number of nitrogens with zero attached hydrogens (tertiary/aromatic N) is 1. The molecule has 0 saturated heterocycles. The molecule has 2 aromatic rings. The molecule has 0 amide bonds. The molecule has 0 spiro atoms. The summed E-state index contributed by atoms with van der Waals surface area (Å²) in [6, 6.07) is 8.04. The number of ether oxygens (including phenoxy) is 1. The number of rotatable bonds is 5. The molecule has 0 bridgehead atoms. The number of aliphatic hydroxyl groups is 1. The van der Waals surface area contributed by atoms with Gasteiger partial charge in [-0.1, -0.05) is 12.1 Å². The van der Waals surface area contributed by atoms with Crippen molar-refractivity contribution >= 4 is 21.6 Å². The van der Waals surface area contributed by atoms with Gasteiger partial charge < -0.3 is 9.84 Å². The van der Waals surface area contributed by atoms with E-state index >= 15 is 0 Å². The molecule has 1 heterocycles. The number of aliphatic hydroxyl groups excluding tert-OH is 1. The van der Waals surface area contributed by atoms with Crippen LogP contribution in [-0.4, -0.2) is 23.3 Å². The van der Waals surface area contributed by atoms with E-state index in [4.69, 9.17) is 9.84 Å². The maximum Gasteiger partial charge on any atom is 0.123 e. The normalized spacial score (nSPS) is 13.1. The molecule has 86 valence electrons. The fourth-order valence-corrected chi connectivity index (χ4v) is 2.68. The van der Waals surface area contributed by atoms with Gasteiger partial charge in [-0.15, -0.1) is 11.3 Å². The van der Waals surface area contributed by atoms with Crippen molar-refractivity contribution in [1.29, 1.82) is 0 Å². The Labute approximate surface area is 98.7 Å². The SMILES string of the molecule is CCO[C@H](CCO)c1nc2ccccc2s1. The van der Waals surface area contributed by atoms with Crippen molar-refractivity contribution in [2.45, 2.75) is 19.4 Å². The fourth-order valence-electron chi connectivity index (χ4n) is 1.62. The van der Waals surface area contributed by atoms with Gasteiger partial charge in [-0.3, -0.25) is 0 Å². The lowest BCUT2D eigenvalue weighted by Crippen LogP contribution is -2.05. The maximum atomic E-state index is 9.00. The van der Waals surface area contributed by atoms with Crippen molar-refractivity contribution in [2.24, 2.45) is 0 Å². The van der Waals surface area contributed by atoms with Crippen LogP contribution < -0.4 is 0 Å². The average molecular weight is 237 g/mol. The van der Waals surface area contributed by atoms with Crippen LogP contribution in [0.2, 0.25) is 0 Å². The first-order valence-electron chi connectivity index (χ1n) is 5.43. The standard InChI is InChI=1S/C12H15NO2S/c1-2-15-10(7-8-14)12-13-9-5-3-4-6-11(9)16-12/h3-6,10,14H,2,7-8H2,1H3/t10-/m1/s1. The molecule has 3 nitrogen and oxygen atoms in total. The predicted molar refractivity (Wildman–Crippen MR) is 65.7 cm³/mol.